The topological polar surface area (TPSA) is 64.4 Å². The number of hydrogen-bond donors (Lipinski definition) is 1. The molecule has 1 aromatic carbocycles. The summed E-state index contributed by atoms with van der Waals surface area (Å²) in [6.45, 7) is 2.92. The van der Waals surface area contributed by atoms with Crippen LogP contribution in [0, 0.1) is 0 Å². The molecule has 0 aliphatic rings. The van der Waals surface area contributed by atoms with E-state index in [4.69, 9.17) is 9.15 Å². The van der Waals surface area contributed by atoms with E-state index in [0.29, 0.717) is 18.7 Å². The van der Waals surface area contributed by atoms with Crippen molar-refractivity contribution in [2.45, 2.75) is 13.5 Å². The maximum absolute atomic E-state index is 12.2. The van der Waals surface area contributed by atoms with Crippen LogP contribution in [0.15, 0.2) is 65.5 Å². The van der Waals surface area contributed by atoms with E-state index in [9.17, 15) is 4.79 Å². The van der Waals surface area contributed by atoms with Crippen LogP contribution in [0.25, 0.3) is 11.3 Å². The maximum atomic E-state index is 12.2. The molecule has 0 aliphatic carbocycles. The Kier molecular flexibility index (Phi) is 4.91. The molecule has 122 valence electrons. The van der Waals surface area contributed by atoms with Crippen molar-refractivity contribution in [3.8, 4) is 17.1 Å². The van der Waals surface area contributed by atoms with Gasteiger partial charge in [-0.3, -0.25) is 9.78 Å². The van der Waals surface area contributed by atoms with Crippen LogP contribution in [0.5, 0.6) is 5.75 Å². The Hall–Kier alpha value is -3.08. The highest BCUT2D eigenvalue weighted by Crippen LogP contribution is 2.19. The Morgan fingerprint density at radius 1 is 1.21 bits per heavy atom. The largest absolute Gasteiger partial charge is 0.494 e. The summed E-state index contributed by atoms with van der Waals surface area (Å²) in [6.07, 6.45) is 5.08. The van der Waals surface area contributed by atoms with Gasteiger partial charge in [-0.05, 0) is 55.0 Å². The Morgan fingerprint density at radius 2 is 2.04 bits per heavy atom. The molecule has 24 heavy (non-hydrogen) atoms. The van der Waals surface area contributed by atoms with Crippen LogP contribution in [-0.2, 0) is 6.54 Å². The van der Waals surface area contributed by atoms with E-state index in [0.717, 1.165) is 22.6 Å². The van der Waals surface area contributed by atoms with Crippen molar-refractivity contribution in [2.24, 2.45) is 0 Å². The lowest BCUT2D eigenvalue weighted by molar-refractivity contribution is 0.0951. The predicted molar refractivity (Wildman–Crippen MR) is 90.7 cm³/mol. The molecule has 0 saturated heterocycles. The second-order valence-electron chi connectivity index (χ2n) is 5.20. The van der Waals surface area contributed by atoms with E-state index in [1.165, 1.54) is 0 Å². The molecule has 3 aromatic rings. The average Bonchev–Trinajstić information content (AvgIpc) is 3.16. The van der Waals surface area contributed by atoms with Crippen LogP contribution < -0.4 is 10.1 Å². The first-order valence-electron chi connectivity index (χ1n) is 7.75. The Morgan fingerprint density at radius 3 is 2.75 bits per heavy atom. The van der Waals surface area contributed by atoms with E-state index in [1.54, 1.807) is 42.9 Å². The molecule has 0 saturated carbocycles. The molecule has 0 spiro atoms. The summed E-state index contributed by atoms with van der Waals surface area (Å²) in [6, 6.07) is 12.7. The van der Waals surface area contributed by atoms with Crippen molar-refractivity contribution < 1.29 is 13.9 Å². The zero-order valence-electron chi connectivity index (χ0n) is 13.4. The number of rotatable bonds is 6. The summed E-state index contributed by atoms with van der Waals surface area (Å²) in [5.41, 5.74) is 2.38. The standard InChI is InChI=1S/C19H18N2O3/c1-2-23-17-7-5-15(6-8-17)19(22)21-12-14-10-16(13-20-11-14)18-4-3-9-24-18/h3-11,13H,2,12H2,1H3,(H,21,22). The minimum atomic E-state index is -0.138. The molecule has 5 nitrogen and oxygen atoms in total. The van der Waals surface area contributed by atoms with Crippen molar-refractivity contribution in [1.29, 1.82) is 0 Å². The molecule has 0 radical (unpaired) electrons. The third-order valence-electron chi connectivity index (χ3n) is 3.48. The second-order valence-corrected chi connectivity index (χ2v) is 5.20. The number of benzene rings is 1. The molecule has 5 heteroatoms. The highest BCUT2D eigenvalue weighted by Gasteiger charge is 2.07. The van der Waals surface area contributed by atoms with Gasteiger partial charge in [-0.15, -0.1) is 0 Å². The number of nitrogens with one attached hydrogen (secondary N) is 1. The summed E-state index contributed by atoms with van der Waals surface area (Å²) in [4.78, 5) is 16.4. The summed E-state index contributed by atoms with van der Waals surface area (Å²) in [5.74, 6) is 1.37. The van der Waals surface area contributed by atoms with E-state index in [1.807, 2.05) is 25.1 Å². The number of carbonyl (C=O) groups is 1. The first-order valence-corrected chi connectivity index (χ1v) is 7.75. The normalized spacial score (nSPS) is 10.4. The minimum Gasteiger partial charge on any atom is -0.494 e. The van der Waals surface area contributed by atoms with Gasteiger partial charge in [-0.2, -0.15) is 0 Å². The molecular weight excluding hydrogens is 304 g/mol. The molecule has 1 N–H and O–H groups in total. The number of hydrogen-bond acceptors (Lipinski definition) is 4. The first kappa shape index (κ1) is 15.8. The van der Waals surface area contributed by atoms with E-state index >= 15 is 0 Å². The van der Waals surface area contributed by atoms with Crippen LogP contribution in [0.3, 0.4) is 0 Å². The van der Waals surface area contributed by atoms with Crippen LogP contribution >= 0.6 is 0 Å². The van der Waals surface area contributed by atoms with E-state index < -0.39 is 0 Å². The molecule has 0 unspecified atom stereocenters. The zero-order valence-corrected chi connectivity index (χ0v) is 13.4. The maximum Gasteiger partial charge on any atom is 0.251 e. The lowest BCUT2D eigenvalue weighted by Crippen LogP contribution is -2.22. The van der Waals surface area contributed by atoms with Crippen molar-refractivity contribution in [3.05, 3.63) is 72.2 Å². The van der Waals surface area contributed by atoms with Gasteiger partial charge >= 0.3 is 0 Å². The van der Waals surface area contributed by atoms with Crippen LogP contribution in [0.1, 0.15) is 22.8 Å². The lowest BCUT2D eigenvalue weighted by Gasteiger charge is -2.07. The van der Waals surface area contributed by atoms with Crippen LogP contribution in [0.4, 0.5) is 0 Å². The lowest BCUT2D eigenvalue weighted by atomic mass is 10.1. The first-order chi connectivity index (χ1) is 11.8. The van der Waals surface area contributed by atoms with Crippen molar-refractivity contribution in [1.82, 2.24) is 10.3 Å². The molecule has 3 rings (SSSR count). The molecule has 2 aromatic heterocycles. The summed E-state index contributed by atoms with van der Waals surface area (Å²) in [5, 5.41) is 2.89. The number of pyridine rings is 1. The molecule has 1 amide bonds. The fourth-order valence-electron chi connectivity index (χ4n) is 2.32. The average molecular weight is 322 g/mol. The van der Waals surface area contributed by atoms with E-state index in [-0.39, 0.29) is 5.91 Å². The van der Waals surface area contributed by atoms with E-state index in [2.05, 4.69) is 10.3 Å². The van der Waals surface area contributed by atoms with Gasteiger partial charge in [0.1, 0.15) is 11.5 Å². The molecule has 0 fully saturated rings. The third-order valence-corrected chi connectivity index (χ3v) is 3.48. The Labute approximate surface area is 140 Å². The number of amides is 1. The van der Waals surface area contributed by atoms with Crippen LogP contribution in [-0.4, -0.2) is 17.5 Å². The molecule has 2 heterocycles. The van der Waals surface area contributed by atoms with Gasteiger partial charge in [-0.1, -0.05) is 0 Å². The van der Waals surface area contributed by atoms with Gasteiger partial charge < -0.3 is 14.5 Å². The quantitative estimate of drug-likeness (QED) is 0.752. The SMILES string of the molecule is CCOc1ccc(C(=O)NCc2cncc(-c3ccco3)c2)cc1. The van der Waals surface area contributed by atoms with Gasteiger partial charge in [0.2, 0.25) is 0 Å². The molecular formula is C19H18N2O3. The number of ether oxygens (including phenoxy) is 1. The number of nitrogens with zero attached hydrogens (tertiary/aromatic N) is 1. The van der Waals surface area contributed by atoms with Gasteiger partial charge in [0, 0.05) is 30.1 Å². The molecule has 0 bridgehead atoms. The second kappa shape index (κ2) is 7.46. The Bertz CT molecular complexity index is 796. The summed E-state index contributed by atoms with van der Waals surface area (Å²) >= 11 is 0. The Balaban J connectivity index is 1.63. The number of aromatic nitrogens is 1. The highest BCUT2D eigenvalue weighted by molar-refractivity contribution is 5.94. The number of carbonyl (C=O) groups excluding carboxylic acids is 1. The van der Waals surface area contributed by atoms with Gasteiger partial charge in [-0.25, -0.2) is 0 Å². The monoisotopic (exact) mass is 322 g/mol. The fourth-order valence-corrected chi connectivity index (χ4v) is 2.32. The van der Waals surface area contributed by atoms with Crippen molar-refractivity contribution in [3.63, 3.8) is 0 Å². The predicted octanol–water partition coefficient (Wildman–Crippen LogP) is 3.67. The number of furan rings is 1. The summed E-state index contributed by atoms with van der Waals surface area (Å²) < 4.78 is 10.7. The fraction of sp³-hybridized carbons (Fsp3) is 0.158. The van der Waals surface area contributed by atoms with Gasteiger partial charge in [0.15, 0.2) is 0 Å². The van der Waals surface area contributed by atoms with Crippen molar-refractivity contribution >= 4 is 5.91 Å². The highest BCUT2D eigenvalue weighted by atomic mass is 16.5. The third kappa shape index (κ3) is 3.81. The summed E-state index contributed by atoms with van der Waals surface area (Å²) in [7, 11) is 0. The zero-order chi connectivity index (χ0) is 16.8. The molecule has 0 aliphatic heterocycles. The van der Waals surface area contributed by atoms with Gasteiger partial charge in [0.25, 0.3) is 5.91 Å². The minimum absolute atomic E-state index is 0.138. The van der Waals surface area contributed by atoms with Crippen LogP contribution in [0.2, 0.25) is 0 Å². The smallest absolute Gasteiger partial charge is 0.251 e. The molecule has 0 atom stereocenters. The van der Waals surface area contributed by atoms with Gasteiger partial charge in [0.05, 0.1) is 12.9 Å². The van der Waals surface area contributed by atoms with Crippen molar-refractivity contribution in [2.75, 3.05) is 6.61 Å².